The quantitative estimate of drug-likeness (QED) is 0.289. The van der Waals surface area contributed by atoms with Crippen LogP contribution in [0.5, 0.6) is 11.5 Å². The summed E-state index contributed by atoms with van der Waals surface area (Å²) < 4.78 is 5.74. The second kappa shape index (κ2) is 11.6. The van der Waals surface area contributed by atoms with Gasteiger partial charge in [0.05, 0.1) is 13.2 Å². The predicted octanol–water partition coefficient (Wildman–Crippen LogP) is 3.42. The number of carbonyl (C=O) groups is 2. The molecule has 1 saturated heterocycles. The average molecular weight is 520 g/mol. The summed E-state index contributed by atoms with van der Waals surface area (Å²) >= 11 is 0. The van der Waals surface area contributed by atoms with Crippen LogP contribution >= 0.6 is 0 Å². The molecule has 3 aromatic carbocycles. The number of amides is 1. The zero-order chi connectivity index (χ0) is 27.4. The second-order valence-electron chi connectivity index (χ2n) is 9.69. The third kappa shape index (κ3) is 6.31. The highest BCUT2D eigenvalue weighted by Gasteiger charge is 2.24. The van der Waals surface area contributed by atoms with Crippen molar-refractivity contribution in [3.63, 3.8) is 0 Å². The summed E-state index contributed by atoms with van der Waals surface area (Å²) in [4.78, 5) is 25.0. The lowest BCUT2D eigenvalue weighted by Crippen LogP contribution is -2.50. The number of aryl methyl sites for hydroxylation is 1. The van der Waals surface area contributed by atoms with Crippen LogP contribution in [0, 0.1) is 6.92 Å². The molecule has 1 fully saturated rings. The Balaban J connectivity index is 1.46. The molecule has 1 heterocycles. The van der Waals surface area contributed by atoms with Crippen molar-refractivity contribution in [1.82, 2.24) is 10.2 Å². The number of ether oxygens (including phenoxy) is 1. The van der Waals surface area contributed by atoms with E-state index in [9.17, 15) is 19.8 Å². The minimum absolute atomic E-state index is 0.0699. The third-order valence-corrected chi connectivity index (χ3v) is 6.95. The molecule has 0 bridgehead atoms. The first-order chi connectivity index (χ1) is 18.1. The van der Waals surface area contributed by atoms with Gasteiger partial charge in [-0.05, 0) is 84.1 Å². The summed E-state index contributed by atoms with van der Waals surface area (Å²) in [5.74, 6) is -1.74. The number of morpholine rings is 1. The lowest BCUT2D eigenvalue weighted by atomic mass is 9.96. The summed E-state index contributed by atoms with van der Waals surface area (Å²) in [7, 11) is 0. The molecule has 1 aliphatic rings. The third-order valence-electron chi connectivity index (χ3n) is 6.95. The largest absolute Gasteiger partial charge is 0.508 e. The molecule has 0 aromatic heterocycles. The highest BCUT2D eigenvalue weighted by Crippen LogP contribution is 2.30. The fourth-order valence-corrected chi connectivity index (χ4v) is 4.81. The number of aromatic carboxylic acids is 1. The molecule has 1 unspecified atom stereocenters. The first-order valence-electron chi connectivity index (χ1n) is 12.5. The van der Waals surface area contributed by atoms with E-state index < -0.39 is 11.9 Å². The molecule has 3 aromatic rings. The number of nitrogens with two attached hydrogens (primary N) is 1. The van der Waals surface area contributed by atoms with Crippen molar-refractivity contribution in [2.45, 2.75) is 32.5 Å². The number of benzene rings is 3. The van der Waals surface area contributed by atoms with Crippen molar-refractivity contribution in [2.24, 2.45) is 5.73 Å². The molecule has 38 heavy (non-hydrogen) atoms. The lowest BCUT2D eigenvalue weighted by molar-refractivity contribution is -0.0116. The van der Waals surface area contributed by atoms with Crippen molar-refractivity contribution in [1.29, 1.82) is 0 Å². The number of nitrogens with one attached hydrogen (secondary N) is 1. The molecule has 200 valence electrons. The number of phenolic OH excluding ortho intramolecular Hbond substituents is 1. The van der Waals surface area contributed by atoms with E-state index in [0.29, 0.717) is 31.9 Å². The van der Waals surface area contributed by atoms with E-state index in [4.69, 9.17) is 15.6 Å². The van der Waals surface area contributed by atoms with Crippen LogP contribution in [0.25, 0.3) is 11.1 Å². The number of hydrogen-bond donors (Lipinski definition) is 5. The Kier molecular flexibility index (Phi) is 8.31. The first kappa shape index (κ1) is 27.1. The van der Waals surface area contributed by atoms with E-state index in [-0.39, 0.29) is 29.1 Å². The number of hydrogen-bond acceptors (Lipinski definition) is 7. The minimum atomic E-state index is -1.17. The van der Waals surface area contributed by atoms with Gasteiger partial charge < -0.3 is 31.1 Å². The Hall–Kier alpha value is -3.92. The van der Waals surface area contributed by atoms with E-state index in [0.717, 1.165) is 34.4 Å². The molecule has 0 saturated carbocycles. The van der Waals surface area contributed by atoms with Gasteiger partial charge in [-0.3, -0.25) is 9.69 Å². The highest BCUT2D eigenvalue weighted by atomic mass is 16.5. The second-order valence-corrected chi connectivity index (χ2v) is 9.69. The van der Waals surface area contributed by atoms with Crippen LogP contribution in [-0.2, 0) is 11.3 Å². The molecular weight excluding hydrogens is 486 g/mol. The number of carboxylic acids is 1. The summed E-state index contributed by atoms with van der Waals surface area (Å²) in [6.45, 7) is 6.96. The Morgan fingerprint density at radius 2 is 1.92 bits per heavy atom. The molecule has 9 heteroatoms. The van der Waals surface area contributed by atoms with Gasteiger partial charge in [-0.1, -0.05) is 12.1 Å². The van der Waals surface area contributed by atoms with Crippen molar-refractivity contribution < 1.29 is 29.6 Å². The highest BCUT2D eigenvalue weighted by molar-refractivity contribution is 5.93. The molecule has 4 rings (SSSR count). The molecule has 1 amide bonds. The van der Waals surface area contributed by atoms with Crippen molar-refractivity contribution in [3.8, 4) is 22.6 Å². The number of phenols is 2. The molecule has 0 spiro atoms. The van der Waals surface area contributed by atoms with Crippen LogP contribution in [0.2, 0.25) is 0 Å². The summed E-state index contributed by atoms with van der Waals surface area (Å²) in [6.07, 6.45) is 0. The van der Waals surface area contributed by atoms with Gasteiger partial charge in [0.15, 0.2) is 0 Å². The maximum atomic E-state index is 11.5. The van der Waals surface area contributed by atoms with E-state index in [1.54, 1.807) is 30.3 Å². The van der Waals surface area contributed by atoms with Gasteiger partial charge in [-0.25, -0.2) is 4.79 Å². The fourth-order valence-electron chi connectivity index (χ4n) is 4.81. The summed E-state index contributed by atoms with van der Waals surface area (Å²) in [5.41, 5.74) is 10.1. The van der Waals surface area contributed by atoms with Crippen molar-refractivity contribution >= 4 is 11.9 Å². The maximum Gasteiger partial charge on any atom is 0.339 e. The van der Waals surface area contributed by atoms with Crippen molar-refractivity contribution in [3.05, 3.63) is 82.4 Å². The van der Waals surface area contributed by atoms with Gasteiger partial charge in [0.25, 0.3) is 0 Å². The number of primary amides is 1. The minimum Gasteiger partial charge on any atom is -0.508 e. The Bertz CT molecular complexity index is 1340. The topological polar surface area (TPSA) is 145 Å². The van der Waals surface area contributed by atoms with Crippen LogP contribution in [0.1, 0.15) is 50.4 Å². The van der Waals surface area contributed by atoms with Gasteiger partial charge in [-0.15, -0.1) is 0 Å². The van der Waals surface area contributed by atoms with E-state index in [2.05, 4.69) is 10.2 Å². The average Bonchev–Trinajstić information content (AvgIpc) is 2.87. The smallest absolute Gasteiger partial charge is 0.339 e. The number of carbonyl (C=O) groups excluding carboxylic acids is 1. The molecule has 1 aliphatic heterocycles. The van der Waals surface area contributed by atoms with Crippen LogP contribution in [0.4, 0.5) is 0 Å². The van der Waals surface area contributed by atoms with Crippen LogP contribution in [-0.4, -0.2) is 64.4 Å². The van der Waals surface area contributed by atoms with Gasteiger partial charge >= 0.3 is 5.97 Å². The molecule has 2 atom stereocenters. The fraction of sp³-hybridized carbons (Fsp3) is 0.310. The molecule has 0 aliphatic carbocycles. The van der Waals surface area contributed by atoms with Gasteiger partial charge in [-0.2, -0.15) is 0 Å². The van der Waals surface area contributed by atoms with Crippen LogP contribution < -0.4 is 11.1 Å². The number of carboxylic acid groups (broad SMARTS) is 1. The van der Waals surface area contributed by atoms with Gasteiger partial charge in [0, 0.05) is 37.3 Å². The lowest BCUT2D eigenvalue weighted by Gasteiger charge is -2.36. The summed E-state index contributed by atoms with van der Waals surface area (Å²) in [6, 6.07) is 15.3. The summed E-state index contributed by atoms with van der Waals surface area (Å²) in [5, 5.41) is 33.1. The zero-order valence-corrected chi connectivity index (χ0v) is 21.5. The Morgan fingerprint density at radius 1 is 1.13 bits per heavy atom. The van der Waals surface area contributed by atoms with Gasteiger partial charge in [0.1, 0.15) is 17.1 Å². The number of aromatic hydroxyl groups is 2. The van der Waals surface area contributed by atoms with E-state index >= 15 is 0 Å². The monoisotopic (exact) mass is 519 g/mol. The zero-order valence-electron chi connectivity index (χ0n) is 21.5. The van der Waals surface area contributed by atoms with Crippen molar-refractivity contribution in [2.75, 3.05) is 26.3 Å². The van der Waals surface area contributed by atoms with Crippen LogP contribution in [0.3, 0.4) is 0 Å². The molecular formula is C29H33N3O6. The molecule has 0 radical (unpaired) electrons. The predicted molar refractivity (Wildman–Crippen MR) is 143 cm³/mol. The van der Waals surface area contributed by atoms with E-state index in [1.807, 2.05) is 26.0 Å². The molecule has 6 N–H and O–H groups in total. The standard InChI is InChI=1S/C29H33N3O6/c1-17-9-21(28(30)35)4-5-25(17)22-10-19(11-24(33)12-22)15-32-7-8-38-16-23(32)14-31-18(2)20-3-6-26(29(36)37)27(34)13-20/h3-6,9-13,18,23,31,33-34H,7-8,14-16H2,1-2H3,(H2,30,35)(H,36,37)/t18-,23?/m0/s1. The Morgan fingerprint density at radius 3 is 2.61 bits per heavy atom. The SMILES string of the molecule is Cc1cc(C(N)=O)ccc1-c1cc(O)cc(CN2CCOCC2CN[C@@H](C)c2ccc(C(=O)O)c(O)c2)c1. The normalized spacial score (nSPS) is 16.7. The van der Waals surface area contributed by atoms with E-state index in [1.165, 1.54) is 12.1 Å². The molecule has 9 nitrogen and oxygen atoms in total. The number of nitrogens with zero attached hydrogens (tertiary/aromatic N) is 1. The number of rotatable bonds is 9. The first-order valence-corrected chi connectivity index (χ1v) is 12.5. The van der Waals surface area contributed by atoms with Crippen LogP contribution in [0.15, 0.2) is 54.6 Å². The van der Waals surface area contributed by atoms with Gasteiger partial charge in [0.2, 0.25) is 5.91 Å². The Labute approximate surface area is 221 Å². The maximum absolute atomic E-state index is 11.5.